The van der Waals surface area contributed by atoms with Crippen molar-refractivity contribution in [1.82, 2.24) is 8.96 Å². The van der Waals surface area contributed by atoms with Crippen LogP contribution in [0, 0.1) is 6.92 Å². The predicted octanol–water partition coefficient (Wildman–Crippen LogP) is 5.28. The number of carbonyl (C=O) groups is 1. The highest BCUT2D eigenvalue weighted by Gasteiger charge is 2.34. The third-order valence-corrected chi connectivity index (χ3v) is 8.38. The van der Waals surface area contributed by atoms with Gasteiger partial charge in [0, 0.05) is 5.39 Å². The van der Waals surface area contributed by atoms with Crippen molar-refractivity contribution in [3.8, 4) is 0 Å². The van der Waals surface area contributed by atoms with Crippen molar-refractivity contribution in [2.45, 2.75) is 44.1 Å². The lowest BCUT2D eigenvalue weighted by molar-refractivity contribution is -0.166. The third-order valence-electron chi connectivity index (χ3n) is 5.42. The van der Waals surface area contributed by atoms with Crippen molar-refractivity contribution in [3.05, 3.63) is 58.7 Å². The summed E-state index contributed by atoms with van der Waals surface area (Å²) in [5.41, 5.74) is -1.75. The Kier molecular flexibility index (Phi) is 6.18. The lowest BCUT2D eigenvalue weighted by Gasteiger charge is -2.22. The molecule has 0 bridgehead atoms. The molecule has 7 nitrogen and oxygen atoms in total. The van der Waals surface area contributed by atoms with Gasteiger partial charge in [0.05, 0.1) is 45.7 Å². The van der Waals surface area contributed by atoms with Crippen LogP contribution in [0.1, 0.15) is 30.1 Å². The van der Waals surface area contributed by atoms with E-state index in [1.807, 2.05) is 0 Å². The number of ether oxygens (including phenoxy) is 2. The van der Waals surface area contributed by atoms with Gasteiger partial charge in [-0.15, -0.1) is 11.3 Å². The van der Waals surface area contributed by atoms with Crippen molar-refractivity contribution in [1.29, 1.82) is 0 Å². The highest BCUT2D eigenvalue weighted by atomic mass is 32.2. The number of fused-ring (bicyclic) bond motifs is 2. The molecule has 2 aromatic heterocycles. The normalized spacial score (nSPS) is 13.0. The summed E-state index contributed by atoms with van der Waals surface area (Å²) in [5.74, 6) is -0.688. The smallest absolute Gasteiger partial charge is 0.416 e. The number of halogens is 3. The number of alkyl halides is 3. The first kappa shape index (κ1) is 25.1. The standard InChI is InChI=1S/C23H21F3N2O5S2/c1-13-27-17-6-5-7-19(20(17)34-13)35(30,31)28-16(12-33-22(2,3)21(29)32-4)11-14-10-15(23(24,25)26)8-9-18(14)28/h5-11H,12H2,1-4H3. The van der Waals surface area contributed by atoms with Gasteiger partial charge in [-0.1, -0.05) is 6.07 Å². The molecule has 0 saturated heterocycles. The summed E-state index contributed by atoms with van der Waals surface area (Å²) in [4.78, 5) is 16.3. The van der Waals surface area contributed by atoms with Crippen LogP contribution in [0.3, 0.4) is 0 Å². The van der Waals surface area contributed by atoms with Gasteiger partial charge in [-0.3, -0.25) is 0 Å². The molecule has 0 spiro atoms. The maximum absolute atomic E-state index is 13.9. The van der Waals surface area contributed by atoms with Gasteiger partial charge in [-0.2, -0.15) is 13.2 Å². The molecule has 0 aliphatic rings. The predicted molar refractivity (Wildman–Crippen MR) is 125 cm³/mol. The fourth-order valence-electron chi connectivity index (χ4n) is 3.70. The minimum Gasteiger partial charge on any atom is -0.467 e. The Morgan fingerprint density at radius 1 is 1.14 bits per heavy atom. The monoisotopic (exact) mass is 526 g/mol. The number of hydrogen-bond donors (Lipinski definition) is 0. The van der Waals surface area contributed by atoms with Crippen LogP contribution < -0.4 is 0 Å². The van der Waals surface area contributed by atoms with Gasteiger partial charge in [0.2, 0.25) is 0 Å². The first-order valence-electron chi connectivity index (χ1n) is 10.3. The van der Waals surface area contributed by atoms with Crippen LogP contribution in [0.25, 0.3) is 21.1 Å². The molecule has 0 fully saturated rings. The molecule has 4 aromatic rings. The van der Waals surface area contributed by atoms with Crippen LogP contribution in [-0.4, -0.2) is 36.1 Å². The van der Waals surface area contributed by atoms with E-state index in [0.717, 1.165) is 22.2 Å². The van der Waals surface area contributed by atoms with Gasteiger partial charge in [0.15, 0.2) is 5.60 Å². The number of methoxy groups -OCH3 is 1. The zero-order valence-corrected chi connectivity index (χ0v) is 20.8. The number of carbonyl (C=O) groups excluding carboxylic acids is 1. The molecule has 0 aliphatic heterocycles. The molecule has 0 radical (unpaired) electrons. The summed E-state index contributed by atoms with van der Waals surface area (Å²) in [6.45, 7) is 4.26. The van der Waals surface area contributed by atoms with Gasteiger partial charge >= 0.3 is 12.1 Å². The molecule has 0 aliphatic carbocycles. The van der Waals surface area contributed by atoms with Crippen molar-refractivity contribution in [2.75, 3.05) is 7.11 Å². The summed E-state index contributed by atoms with van der Waals surface area (Å²) in [6.07, 6.45) is -4.61. The topological polar surface area (TPSA) is 87.5 Å². The second-order valence-corrected chi connectivity index (χ2v) is 11.3. The molecule has 0 unspecified atom stereocenters. The molecule has 0 atom stereocenters. The van der Waals surface area contributed by atoms with Gasteiger partial charge in [0.25, 0.3) is 10.0 Å². The molecule has 4 rings (SSSR count). The molecule has 0 saturated carbocycles. The van der Waals surface area contributed by atoms with E-state index in [0.29, 0.717) is 15.2 Å². The average molecular weight is 527 g/mol. The number of esters is 1. The lowest BCUT2D eigenvalue weighted by atomic mass is 10.1. The first-order valence-corrected chi connectivity index (χ1v) is 12.6. The van der Waals surface area contributed by atoms with E-state index in [-0.39, 0.29) is 28.1 Å². The lowest BCUT2D eigenvalue weighted by Crippen LogP contribution is -2.36. The maximum Gasteiger partial charge on any atom is 0.416 e. The zero-order chi connectivity index (χ0) is 25.8. The van der Waals surface area contributed by atoms with E-state index in [1.165, 1.54) is 44.4 Å². The molecular weight excluding hydrogens is 505 g/mol. The van der Waals surface area contributed by atoms with E-state index >= 15 is 0 Å². The van der Waals surface area contributed by atoms with Crippen LogP contribution in [-0.2, 0) is 37.1 Å². The number of aryl methyl sites for hydroxylation is 1. The van der Waals surface area contributed by atoms with Crippen molar-refractivity contribution in [2.24, 2.45) is 0 Å². The van der Waals surface area contributed by atoms with Crippen molar-refractivity contribution >= 4 is 48.4 Å². The summed E-state index contributed by atoms with van der Waals surface area (Å²) in [7, 11) is -3.11. The van der Waals surface area contributed by atoms with Crippen LogP contribution in [0.5, 0.6) is 0 Å². The summed E-state index contributed by atoms with van der Waals surface area (Å²) < 4.78 is 79.6. The quantitative estimate of drug-likeness (QED) is 0.318. The third kappa shape index (κ3) is 4.53. The Hall–Kier alpha value is -2.96. The van der Waals surface area contributed by atoms with Crippen LogP contribution in [0.2, 0.25) is 0 Å². The van der Waals surface area contributed by atoms with Crippen molar-refractivity contribution in [3.63, 3.8) is 0 Å². The number of hydrogen-bond acceptors (Lipinski definition) is 7. The fraction of sp³-hybridized carbons (Fsp3) is 0.304. The second-order valence-electron chi connectivity index (χ2n) is 8.30. The average Bonchev–Trinajstić information content (AvgIpc) is 3.35. The molecule has 2 heterocycles. The minimum absolute atomic E-state index is 0.0357. The summed E-state index contributed by atoms with van der Waals surface area (Å²) in [6, 6.07) is 8.80. The number of rotatable bonds is 6. The van der Waals surface area contributed by atoms with Crippen LogP contribution >= 0.6 is 11.3 Å². The minimum atomic E-state index is -4.61. The van der Waals surface area contributed by atoms with E-state index in [2.05, 4.69) is 4.98 Å². The number of benzene rings is 2. The van der Waals surface area contributed by atoms with Gasteiger partial charge in [-0.25, -0.2) is 22.2 Å². The van der Waals surface area contributed by atoms with E-state index in [4.69, 9.17) is 9.47 Å². The molecule has 186 valence electrons. The Morgan fingerprint density at radius 2 is 1.86 bits per heavy atom. The number of aromatic nitrogens is 2. The van der Waals surface area contributed by atoms with E-state index in [1.54, 1.807) is 19.1 Å². The molecule has 2 aromatic carbocycles. The van der Waals surface area contributed by atoms with E-state index in [9.17, 15) is 26.4 Å². The Labute approximate surface area is 203 Å². The van der Waals surface area contributed by atoms with Gasteiger partial charge < -0.3 is 9.47 Å². The molecule has 12 heteroatoms. The summed E-state index contributed by atoms with van der Waals surface area (Å²) in [5, 5.41) is 0.726. The SMILES string of the molecule is COC(=O)C(C)(C)OCc1cc2cc(C(F)(F)F)ccc2n1S(=O)(=O)c1cccc2nc(C)sc12. The number of thiazole rings is 1. The number of nitrogens with zero attached hydrogens (tertiary/aromatic N) is 2. The molecular formula is C23H21F3N2O5S2. The van der Waals surface area contributed by atoms with Crippen molar-refractivity contribution < 1.29 is 35.9 Å². The summed E-state index contributed by atoms with van der Waals surface area (Å²) >= 11 is 1.20. The highest BCUT2D eigenvalue weighted by Crippen LogP contribution is 2.36. The Bertz CT molecular complexity index is 1550. The zero-order valence-electron chi connectivity index (χ0n) is 19.1. The Balaban J connectivity index is 1.93. The fourth-order valence-corrected chi connectivity index (χ4v) is 6.60. The molecule has 0 N–H and O–H groups in total. The van der Waals surface area contributed by atoms with Crippen LogP contribution in [0.15, 0.2) is 47.4 Å². The largest absolute Gasteiger partial charge is 0.467 e. The Morgan fingerprint density at radius 3 is 2.51 bits per heavy atom. The van der Waals surface area contributed by atoms with Gasteiger partial charge in [-0.05, 0) is 57.2 Å². The molecule has 35 heavy (non-hydrogen) atoms. The first-order chi connectivity index (χ1) is 16.3. The second kappa shape index (κ2) is 8.61. The highest BCUT2D eigenvalue weighted by molar-refractivity contribution is 7.90. The molecule has 0 amide bonds. The van der Waals surface area contributed by atoms with Gasteiger partial charge in [0.1, 0.15) is 4.90 Å². The van der Waals surface area contributed by atoms with E-state index < -0.39 is 33.3 Å². The maximum atomic E-state index is 13.9. The van der Waals surface area contributed by atoms with Crippen LogP contribution in [0.4, 0.5) is 13.2 Å².